The van der Waals surface area contributed by atoms with Gasteiger partial charge in [-0.05, 0) is 24.5 Å². The summed E-state index contributed by atoms with van der Waals surface area (Å²) in [6.07, 6.45) is 0.522. The van der Waals surface area contributed by atoms with Gasteiger partial charge in [0, 0.05) is 17.5 Å². The lowest BCUT2D eigenvalue weighted by atomic mass is 10.1. The maximum absolute atomic E-state index is 11.5. The molecule has 92 valence electrons. The first-order chi connectivity index (χ1) is 8.09. The molecule has 1 aromatic carbocycles. The van der Waals surface area contributed by atoms with E-state index in [1.54, 1.807) is 18.2 Å². The maximum Gasteiger partial charge on any atom is 0.224 e. The molecule has 0 fully saturated rings. The van der Waals surface area contributed by atoms with Gasteiger partial charge < -0.3 is 15.2 Å². The molecule has 1 aromatic rings. The normalized spacial score (nSPS) is 9.94. The first-order valence-electron chi connectivity index (χ1n) is 5.29. The molecule has 1 rings (SSSR count). The molecule has 0 saturated heterocycles. The van der Waals surface area contributed by atoms with Gasteiger partial charge in [0.25, 0.3) is 0 Å². The zero-order valence-corrected chi connectivity index (χ0v) is 10.00. The highest BCUT2D eigenvalue weighted by Crippen LogP contribution is 2.15. The Labute approximate surface area is 105 Å². The average Bonchev–Trinajstić information content (AvgIpc) is 2.27. The maximum atomic E-state index is 11.5. The largest absolute Gasteiger partial charge is 0.550 e. The highest BCUT2D eigenvalue weighted by Gasteiger charge is 2.05. The summed E-state index contributed by atoms with van der Waals surface area (Å²) in [7, 11) is 0. The summed E-state index contributed by atoms with van der Waals surface area (Å²) < 4.78 is 0. The summed E-state index contributed by atoms with van der Waals surface area (Å²) in [6, 6.07) is 7.11. The molecule has 0 aliphatic rings. The summed E-state index contributed by atoms with van der Waals surface area (Å²) in [5.41, 5.74) is 0.756. The fourth-order valence-electron chi connectivity index (χ4n) is 1.34. The Morgan fingerprint density at radius 2 is 2.00 bits per heavy atom. The van der Waals surface area contributed by atoms with Crippen LogP contribution in [-0.4, -0.2) is 18.4 Å². The van der Waals surface area contributed by atoms with Crippen LogP contribution in [0.4, 0.5) is 0 Å². The molecule has 0 spiro atoms. The Kier molecular flexibility index (Phi) is 5.49. The smallest absolute Gasteiger partial charge is 0.224 e. The number of carbonyl (C=O) groups is 2. The predicted molar refractivity (Wildman–Crippen MR) is 62.4 cm³/mol. The van der Waals surface area contributed by atoms with Crippen molar-refractivity contribution in [2.75, 3.05) is 6.54 Å². The van der Waals surface area contributed by atoms with Crippen LogP contribution in [0.3, 0.4) is 0 Å². The minimum Gasteiger partial charge on any atom is -0.550 e. The van der Waals surface area contributed by atoms with Crippen LogP contribution in [0.5, 0.6) is 0 Å². The highest BCUT2D eigenvalue weighted by molar-refractivity contribution is 6.31. The second kappa shape index (κ2) is 6.91. The Hall–Kier alpha value is -1.55. The molecule has 0 saturated carbocycles. The zero-order valence-electron chi connectivity index (χ0n) is 9.24. The molecule has 1 N–H and O–H groups in total. The Balaban J connectivity index is 2.30. The molecule has 4 nitrogen and oxygen atoms in total. The lowest BCUT2D eigenvalue weighted by Crippen LogP contribution is -2.28. The average molecular weight is 255 g/mol. The predicted octanol–water partition coefficient (Wildman–Crippen LogP) is 0.529. The number of carboxylic acids is 1. The van der Waals surface area contributed by atoms with Crippen LogP contribution in [0.1, 0.15) is 18.4 Å². The van der Waals surface area contributed by atoms with E-state index < -0.39 is 5.97 Å². The van der Waals surface area contributed by atoms with Gasteiger partial charge in [-0.25, -0.2) is 0 Å². The minimum absolute atomic E-state index is 0.0492. The molecule has 1 amide bonds. The van der Waals surface area contributed by atoms with E-state index in [0.29, 0.717) is 18.0 Å². The van der Waals surface area contributed by atoms with Gasteiger partial charge in [0.15, 0.2) is 0 Å². The second-order valence-electron chi connectivity index (χ2n) is 3.59. The number of carbonyl (C=O) groups excluding carboxylic acids is 2. The van der Waals surface area contributed by atoms with E-state index in [1.165, 1.54) is 0 Å². The molecular weight excluding hydrogens is 242 g/mol. The molecule has 0 atom stereocenters. The number of hydrogen-bond acceptors (Lipinski definition) is 3. The molecule has 0 heterocycles. The Morgan fingerprint density at radius 1 is 1.29 bits per heavy atom. The van der Waals surface area contributed by atoms with Gasteiger partial charge >= 0.3 is 0 Å². The van der Waals surface area contributed by atoms with Gasteiger partial charge in [0.1, 0.15) is 0 Å². The fourth-order valence-corrected chi connectivity index (χ4v) is 1.54. The van der Waals surface area contributed by atoms with Gasteiger partial charge in [-0.1, -0.05) is 29.8 Å². The van der Waals surface area contributed by atoms with E-state index in [9.17, 15) is 14.7 Å². The molecule has 0 bridgehead atoms. The number of nitrogens with one attached hydrogen (secondary N) is 1. The molecule has 5 heteroatoms. The van der Waals surface area contributed by atoms with Crippen molar-refractivity contribution in [2.45, 2.75) is 19.3 Å². The van der Waals surface area contributed by atoms with Crippen molar-refractivity contribution in [1.29, 1.82) is 0 Å². The number of aliphatic carboxylic acids is 1. The number of benzene rings is 1. The van der Waals surface area contributed by atoms with E-state index >= 15 is 0 Å². The molecule has 0 aliphatic heterocycles. The van der Waals surface area contributed by atoms with Gasteiger partial charge in [0.05, 0.1) is 6.42 Å². The van der Waals surface area contributed by atoms with E-state index in [2.05, 4.69) is 5.32 Å². The van der Waals surface area contributed by atoms with Crippen molar-refractivity contribution in [1.82, 2.24) is 5.32 Å². The standard InChI is InChI=1S/C12H14ClNO3/c13-10-5-2-1-4-9(10)8-11(15)14-7-3-6-12(16)17/h1-2,4-5H,3,6-8H2,(H,14,15)(H,16,17)/p-1. The summed E-state index contributed by atoms with van der Waals surface area (Å²) in [4.78, 5) is 21.6. The van der Waals surface area contributed by atoms with Crippen LogP contribution in [0.2, 0.25) is 5.02 Å². The van der Waals surface area contributed by atoms with Crippen molar-refractivity contribution < 1.29 is 14.7 Å². The zero-order chi connectivity index (χ0) is 12.7. The second-order valence-corrected chi connectivity index (χ2v) is 4.00. The van der Waals surface area contributed by atoms with Crippen LogP contribution < -0.4 is 10.4 Å². The van der Waals surface area contributed by atoms with Crippen LogP contribution in [0.15, 0.2) is 24.3 Å². The van der Waals surface area contributed by atoms with Crippen molar-refractivity contribution >= 4 is 23.5 Å². The quantitative estimate of drug-likeness (QED) is 0.753. The van der Waals surface area contributed by atoms with Crippen LogP contribution in [-0.2, 0) is 16.0 Å². The minimum atomic E-state index is -1.11. The van der Waals surface area contributed by atoms with Gasteiger partial charge in [-0.2, -0.15) is 0 Å². The van der Waals surface area contributed by atoms with E-state index in [1.807, 2.05) is 6.07 Å². The Morgan fingerprint density at radius 3 is 2.65 bits per heavy atom. The molecule has 0 aliphatic carbocycles. The van der Waals surface area contributed by atoms with Gasteiger partial charge in [0.2, 0.25) is 5.91 Å². The molecule has 0 unspecified atom stereocenters. The summed E-state index contributed by atoms with van der Waals surface area (Å²) in [6.45, 7) is 0.331. The third-order valence-electron chi connectivity index (χ3n) is 2.19. The lowest BCUT2D eigenvalue weighted by Gasteiger charge is -2.06. The first-order valence-corrected chi connectivity index (χ1v) is 5.67. The lowest BCUT2D eigenvalue weighted by molar-refractivity contribution is -0.305. The third kappa shape index (κ3) is 5.36. The van der Waals surface area contributed by atoms with Crippen LogP contribution in [0, 0.1) is 0 Å². The van der Waals surface area contributed by atoms with Crippen molar-refractivity contribution in [3.63, 3.8) is 0 Å². The summed E-state index contributed by atoms with van der Waals surface area (Å²) in [5, 5.41) is 13.3. The Bertz CT molecular complexity index is 406. The topological polar surface area (TPSA) is 69.2 Å². The number of carboxylic acid groups (broad SMARTS) is 1. The fraction of sp³-hybridized carbons (Fsp3) is 0.333. The highest BCUT2D eigenvalue weighted by atomic mass is 35.5. The van der Waals surface area contributed by atoms with E-state index in [-0.39, 0.29) is 18.7 Å². The number of amides is 1. The van der Waals surface area contributed by atoms with E-state index in [0.717, 1.165) is 5.56 Å². The number of halogens is 1. The first kappa shape index (κ1) is 13.5. The van der Waals surface area contributed by atoms with E-state index in [4.69, 9.17) is 11.6 Å². The monoisotopic (exact) mass is 254 g/mol. The summed E-state index contributed by atoms with van der Waals surface area (Å²) >= 11 is 5.91. The van der Waals surface area contributed by atoms with Crippen LogP contribution in [0.25, 0.3) is 0 Å². The SMILES string of the molecule is O=C([O-])CCCNC(=O)Cc1ccccc1Cl. The number of hydrogen-bond donors (Lipinski definition) is 1. The molecular formula is C12H13ClNO3-. The molecule has 0 aromatic heterocycles. The third-order valence-corrected chi connectivity index (χ3v) is 2.56. The molecule has 0 radical (unpaired) electrons. The van der Waals surface area contributed by atoms with Crippen LogP contribution >= 0.6 is 11.6 Å². The van der Waals surface area contributed by atoms with Gasteiger partial charge in [-0.3, -0.25) is 4.79 Å². The van der Waals surface area contributed by atoms with Crippen molar-refractivity contribution in [2.24, 2.45) is 0 Å². The number of rotatable bonds is 6. The summed E-state index contributed by atoms with van der Waals surface area (Å²) in [5.74, 6) is -1.28. The molecule has 17 heavy (non-hydrogen) atoms. The van der Waals surface area contributed by atoms with Crippen molar-refractivity contribution in [3.05, 3.63) is 34.9 Å². The van der Waals surface area contributed by atoms with Gasteiger partial charge in [-0.15, -0.1) is 0 Å². The van der Waals surface area contributed by atoms with Crippen molar-refractivity contribution in [3.8, 4) is 0 Å².